The number of rotatable bonds is 2. The van der Waals surface area contributed by atoms with Crippen molar-refractivity contribution < 1.29 is 13.9 Å². The maximum atomic E-state index is 12.4. The molecule has 0 fully saturated rings. The smallest absolute Gasteiger partial charge is 0.198 e. The molecule has 1 N–H and O–H groups in total. The van der Waals surface area contributed by atoms with E-state index in [-0.39, 0.29) is 11.0 Å². The molecule has 19 heavy (non-hydrogen) atoms. The molecule has 0 aliphatic heterocycles. The van der Waals surface area contributed by atoms with Crippen molar-refractivity contribution in [3.8, 4) is 0 Å². The highest BCUT2D eigenvalue weighted by molar-refractivity contribution is 5.77. The first-order valence-corrected chi connectivity index (χ1v) is 5.90. The van der Waals surface area contributed by atoms with Crippen molar-refractivity contribution in [2.45, 2.75) is 13.0 Å². The third-order valence-electron chi connectivity index (χ3n) is 3.06. The molecule has 4 heteroatoms. The highest BCUT2D eigenvalue weighted by atomic mass is 16.4. The fraction of sp³-hybridized carbons (Fsp3) is 0.133. The normalized spacial score (nSPS) is 12.7. The van der Waals surface area contributed by atoms with E-state index in [1.54, 1.807) is 24.3 Å². The summed E-state index contributed by atoms with van der Waals surface area (Å²) in [7, 11) is 0. The first-order chi connectivity index (χ1) is 9.16. The van der Waals surface area contributed by atoms with Crippen LogP contribution in [0.3, 0.4) is 0 Å². The Kier molecular flexibility index (Phi) is 2.72. The van der Waals surface area contributed by atoms with Gasteiger partial charge in [-0.2, -0.15) is 0 Å². The molecule has 1 atom stereocenters. The van der Waals surface area contributed by atoms with E-state index in [9.17, 15) is 9.90 Å². The van der Waals surface area contributed by atoms with Crippen molar-refractivity contribution in [2.75, 3.05) is 0 Å². The Bertz CT molecular complexity index is 768. The van der Waals surface area contributed by atoms with Crippen LogP contribution < -0.4 is 5.43 Å². The molecule has 0 saturated heterocycles. The summed E-state index contributed by atoms with van der Waals surface area (Å²) in [6.07, 6.45) is 1.62. The van der Waals surface area contributed by atoms with Crippen LogP contribution in [-0.4, -0.2) is 5.11 Å². The molecule has 0 bridgehead atoms. The molecule has 3 aromatic rings. The largest absolute Gasteiger partial charge is 0.466 e. The molecule has 0 aliphatic carbocycles. The summed E-state index contributed by atoms with van der Waals surface area (Å²) in [6, 6.07) is 8.64. The average Bonchev–Trinajstić information content (AvgIpc) is 2.93. The van der Waals surface area contributed by atoms with Crippen LogP contribution in [0.5, 0.6) is 0 Å². The van der Waals surface area contributed by atoms with Crippen LogP contribution in [0.1, 0.15) is 23.0 Å². The third-order valence-corrected chi connectivity index (χ3v) is 3.06. The van der Waals surface area contributed by atoms with Gasteiger partial charge in [-0.1, -0.05) is 11.6 Å². The lowest BCUT2D eigenvalue weighted by molar-refractivity contribution is 0.186. The molecule has 2 heterocycles. The van der Waals surface area contributed by atoms with Gasteiger partial charge < -0.3 is 13.9 Å². The van der Waals surface area contributed by atoms with E-state index in [0.29, 0.717) is 16.7 Å². The number of aliphatic hydroxyl groups excluding tert-OH is 1. The summed E-state index contributed by atoms with van der Waals surface area (Å²) in [6.45, 7) is 1.90. The van der Waals surface area contributed by atoms with Crippen LogP contribution in [0.15, 0.2) is 56.5 Å². The second kappa shape index (κ2) is 4.40. The van der Waals surface area contributed by atoms with Gasteiger partial charge in [0.15, 0.2) is 5.43 Å². The molecule has 0 saturated carbocycles. The second-order valence-electron chi connectivity index (χ2n) is 4.44. The Labute approximate surface area is 108 Å². The van der Waals surface area contributed by atoms with Gasteiger partial charge in [-0.15, -0.1) is 0 Å². The molecule has 96 valence electrons. The Hall–Kier alpha value is -2.33. The van der Waals surface area contributed by atoms with Gasteiger partial charge in [-0.3, -0.25) is 4.79 Å². The molecule has 2 aromatic heterocycles. The van der Waals surface area contributed by atoms with Gasteiger partial charge in [0.25, 0.3) is 0 Å². The molecule has 4 nitrogen and oxygen atoms in total. The minimum Gasteiger partial charge on any atom is -0.466 e. The topological polar surface area (TPSA) is 63.6 Å². The maximum absolute atomic E-state index is 12.4. The quantitative estimate of drug-likeness (QED) is 0.765. The SMILES string of the molecule is Cc1ccc2occ(C(O)c3ccco3)c(=O)c2c1. The molecule has 1 unspecified atom stereocenters. The number of hydrogen-bond donors (Lipinski definition) is 1. The molecule has 1 aromatic carbocycles. The van der Waals surface area contributed by atoms with Crippen molar-refractivity contribution in [1.29, 1.82) is 0 Å². The van der Waals surface area contributed by atoms with E-state index in [1.165, 1.54) is 12.5 Å². The number of aliphatic hydroxyl groups is 1. The lowest BCUT2D eigenvalue weighted by atomic mass is 10.1. The Morgan fingerprint density at radius 2 is 2.05 bits per heavy atom. The summed E-state index contributed by atoms with van der Waals surface area (Å²) >= 11 is 0. The van der Waals surface area contributed by atoms with Crippen molar-refractivity contribution in [3.05, 3.63) is 70.0 Å². The monoisotopic (exact) mass is 256 g/mol. The van der Waals surface area contributed by atoms with Crippen LogP contribution in [-0.2, 0) is 0 Å². The van der Waals surface area contributed by atoms with Crippen molar-refractivity contribution in [2.24, 2.45) is 0 Å². The number of benzene rings is 1. The van der Waals surface area contributed by atoms with Crippen LogP contribution in [0.4, 0.5) is 0 Å². The lowest BCUT2D eigenvalue weighted by Gasteiger charge is -2.07. The molecule has 3 rings (SSSR count). The fourth-order valence-corrected chi connectivity index (χ4v) is 2.05. The summed E-state index contributed by atoms with van der Waals surface area (Å²) in [5.41, 5.74) is 1.40. The average molecular weight is 256 g/mol. The standard InChI is InChI=1S/C15H12O4/c1-9-4-5-12-10(7-9)14(16)11(8-19-12)15(17)13-3-2-6-18-13/h2-8,15,17H,1H3. The first kappa shape index (κ1) is 11.7. The summed E-state index contributed by atoms with van der Waals surface area (Å²) in [5, 5.41) is 10.6. The summed E-state index contributed by atoms with van der Waals surface area (Å²) in [4.78, 5) is 12.4. The van der Waals surface area contributed by atoms with Gasteiger partial charge >= 0.3 is 0 Å². The number of fused-ring (bicyclic) bond motifs is 1. The van der Waals surface area contributed by atoms with Crippen LogP contribution in [0.2, 0.25) is 0 Å². The van der Waals surface area contributed by atoms with E-state index >= 15 is 0 Å². The van der Waals surface area contributed by atoms with Crippen LogP contribution in [0, 0.1) is 6.92 Å². The van der Waals surface area contributed by atoms with Crippen molar-refractivity contribution >= 4 is 11.0 Å². The maximum Gasteiger partial charge on any atom is 0.198 e. The predicted octanol–water partition coefficient (Wildman–Crippen LogP) is 2.78. The fourth-order valence-electron chi connectivity index (χ4n) is 2.05. The summed E-state index contributed by atoms with van der Waals surface area (Å²) in [5.74, 6) is 0.319. The third kappa shape index (κ3) is 1.96. The molecule has 0 radical (unpaired) electrons. The molecule has 0 spiro atoms. The van der Waals surface area contributed by atoms with Gasteiger partial charge in [-0.25, -0.2) is 0 Å². The lowest BCUT2D eigenvalue weighted by Crippen LogP contribution is -2.13. The van der Waals surface area contributed by atoms with Crippen LogP contribution in [0.25, 0.3) is 11.0 Å². The first-order valence-electron chi connectivity index (χ1n) is 5.90. The summed E-state index contributed by atoms with van der Waals surface area (Å²) < 4.78 is 10.5. The van der Waals surface area contributed by atoms with Crippen molar-refractivity contribution in [1.82, 2.24) is 0 Å². The van der Waals surface area contributed by atoms with Gasteiger partial charge in [0.2, 0.25) is 0 Å². The predicted molar refractivity (Wildman–Crippen MR) is 70.0 cm³/mol. The van der Waals surface area contributed by atoms with Gasteiger partial charge in [0, 0.05) is 0 Å². The minimum atomic E-state index is -1.11. The zero-order chi connectivity index (χ0) is 13.4. The minimum absolute atomic E-state index is 0.174. The van der Waals surface area contributed by atoms with E-state index in [4.69, 9.17) is 8.83 Å². The second-order valence-corrected chi connectivity index (χ2v) is 4.44. The molecular weight excluding hydrogens is 244 g/mol. The molecule has 0 aliphatic rings. The zero-order valence-electron chi connectivity index (χ0n) is 10.3. The Morgan fingerprint density at radius 3 is 2.79 bits per heavy atom. The van der Waals surface area contributed by atoms with E-state index < -0.39 is 6.10 Å². The highest BCUT2D eigenvalue weighted by Gasteiger charge is 2.19. The molecular formula is C15H12O4. The van der Waals surface area contributed by atoms with E-state index in [0.717, 1.165) is 5.56 Å². The van der Waals surface area contributed by atoms with Gasteiger partial charge in [-0.05, 0) is 31.2 Å². The van der Waals surface area contributed by atoms with Crippen molar-refractivity contribution in [3.63, 3.8) is 0 Å². The van der Waals surface area contributed by atoms with Crippen LogP contribution >= 0.6 is 0 Å². The Balaban J connectivity index is 2.20. The number of furan rings is 1. The Morgan fingerprint density at radius 1 is 1.21 bits per heavy atom. The van der Waals surface area contributed by atoms with E-state index in [1.807, 2.05) is 13.0 Å². The molecule has 0 amide bonds. The van der Waals surface area contributed by atoms with Gasteiger partial charge in [0.05, 0.1) is 17.2 Å². The number of aryl methyl sites for hydroxylation is 1. The van der Waals surface area contributed by atoms with Gasteiger partial charge in [0.1, 0.15) is 23.7 Å². The highest BCUT2D eigenvalue weighted by Crippen LogP contribution is 2.22. The number of hydrogen-bond acceptors (Lipinski definition) is 4. The van der Waals surface area contributed by atoms with E-state index in [2.05, 4.69) is 0 Å². The zero-order valence-corrected chi connectivity index (χ0v) is 10.3.